The van der Waals surface area contributed by atoms with Crippen LogP contribution in [-0.2, 0) is 0 Å². The molecule has 2 nitrogen and oxygen atoms in total. The minimum Gasteiger partial charge on any atom is -0.316 e. The number of hydrogen-bond donors (Lipinski definition) is 2. The van der Waals surface area contributed by atoms with Gasteiger partial charge in [0.25, 0.3) is 0 Å². The molecular formula is C9H17FN2. The Morgan fingerprint density at radius 2 is 2.08 bits per heavy atom. The third kappa shape index (κ3) is 1.77. The highest BCUT2D eigenvalue weighted by Crippen LogP contribution is 2.22. The first kappa shape index (κ1) is 8.45. The van der Waals surface area contributed by atoms with Crippen LogP contribution in [-0.4, -0.2) is 31.8 Å². The lowest BCUT2D eigenvalue weighted by atomic mass is 9.91. The predicted octanol–water partition coefficient (Wildman–Crippen LogP) is 0.686. The van der Waals surface area contributed by atoms with Gasteiger partial charge in [0.1, 0.15) is 6.17 Å². The van der Waals surface area contributed by atoms with Crippen molar-refractivity contribution in [1.29, 1.82) is 0 Å². The molecule has 0 saturated carbocycles. The fourth-order valence-electron chi connectivity index (χ4n) is 2.28. The molecule has 0 aromatic heterocycles. The summed E-state index contributed by atoms with van der Waals surface area (Å²) in [5.41, 5.74) is 0. The van der Waals surface area contributed by atoms with Gasteiger partial charge in [0.15, 0.2) is 0 Å². The topological polar surface area (TPSA) is 24.1 Å². The summed E-state index contributed by atoms with van der Waals surface area (Å²) >= 11 is 0. The highest BCUT2D eigenvalue weighted by Gasteiger charge is 2.29. The van der Waals surface area contributed by atoms with Crippen molar-refractivity contribution in [3.63, 3.8) is 0 Å². The average molecular weight is 172 g/mol. The van der Waals surface area contributed by atoms with E-state index in [1.807, 2.05) is 0 Å². The average Bonchev–Trinajstić information content (AvgIpc) is 2.56. The first-order valence-electron chi connectivity index (χ1n) is 4.94. The molecule has 0 aliphatic carbocycles. The summed E-state index contributed by atoms with van der Waals surface area (Å²) in [6, 6.07) is 0.434. The number of halogens is 1. The number of piperidine rings is 1. The van der Waals surface area contributed by atoms with Gasteiger partial charge in [-0.05, 0) is 44.8 Å². The lowest BCUT2D eigenvalue weighted by molar-refractivity contribution is 0.191. The third-order valence-electron chi connectivity index (χ3n) is 3.04. The van der Waals surface area contributed by atoms with Gasteiger partial charge in [-0.2, -0.15) is 0 Å². The second-order valence-corrected chi connectivity index (χ2v) is 3.94. The molecule has 2 saturated heterocycles. The Kier molecular flexibility index (Phi) is 2.61. The summed E-state index contributed by atoms with van der Waals surface area (Å²) in [6.45, 7) is 3.05. The van der Waals surface area contributed by atoms with Crippen LogP contribution in [0.25, 0.3) is 0 Å². The lowest BCUT2D eigenvalue weighted by Crippen LogP contribution is -2.44. The standard InChI is InChI=1S/C9H17FN2/c10-8-2-4-12-9(5-8)7-1-3-11-6-7/h7-9,11-12H,1-6H2. The molecule has 2 aliphatic rings. The highest BCUT2D eigenvalue weighted by molar-refractivity contribution is 4.87. The van der Waals surface area contributed by atoms with Crippen LogP contribution in [0.5, 0.6) is 0 Å². The molecule has 0 radical (unpaired) electrons. The molecule has 0 bridgehead atoms. The van der Waals surface area contributed by atoms with Crippen LogP contribution in [0.15, 0.2) is 0 Å². The van der Waals surface area contributed by atoms with E-state index in [-0.39, 0.29) is 0 Å². The van der Waals surface area contributed by atoms with Crippen LogP contribution in [0, 0.1) is 5.92 Å². The normalized spacial score (nSPS) is 43.2. The van der Waals surface area contributed by atoms with Crippen LogP contribution >= 0.6 is 0 Å². The summed E-state index contributed by atoms with van der Waals surface area (Å²) in [6.07, 6.45) is 2.09. The van der Waals surface area contributed by atoms with Gasteiger partial charge in [-0.1, -0.05) is 0 Å². The maximum atomic E-state index is 13.0. The van der Waals surface area contributed by atoms with Crippen molar-refractivity contribution < 1.29 is 4.39 Å². The van der Waals surface area contributed by atoms with E-state index in [0.29, 0.717) is 18.4 Å². The van der Waals surface area contributed by atoms with E-state index in [1.54, 1.807) is 0 Å². The van der Waals surface area contributed by atoms with Gasteiger partial charge in [0, 0.05) is 6.04 Å². The molecule has 0 amide bonds. The van der Waals surface area contributed by atoms with E-state index in [9.17, 15) is 4.39 Å². The number of hydrogen-bond acceptors (Lipinski definition) is 2. The summed E-state index contributed by atoms with van der Waals surface area (Å²) in [7, 11) is 0. The van der Waals surface area contributed by atoms with Crippen LogP contribution in [0.4, 0.5) is 4.39 Å². The van der Waals surface area contributed by atoms with Gasteiger partial charge < -0.3 is 10.6 Å². The Labute approximate surface area is 72.9 Å². The van der Waals surface area contributed by atoms with E-state index in [4.69, 9.17) is 0 Å². The van der Waals surface area contributed by atoms with Crippen molar-refractivity contribution in [1.82, 2.24) is 10.6 Å². The van der Waals surface area contributed by atoms with Crippen molar-refractivity contribution in [3.8, 4) is 0 Å². The molecular weight excluding hydrogens is 155 g/mol. The molecule has 3 heteroatoms. The minimum atomic E-state index is -0.558. The monoisotopic (exact) mass is 172 g/mol. The van der Waals surface area contributed by atoms with Gasteiger partial charge in [-0.25, -0.2) is 4.39 Å². The van der Waals surface area contributed by atoms with Crippen molar-refractivity contribution in [2.75, 3.05) is 19.6 Å². The summed E-state index contributed by atoms with van der Waals surface area (Å²) in [5.74, 6) is 0.670. The second-order valence-electron chi connectivity index (χ2n) is 3.94. The molecule has 2 rings (SSSR count). The largest absolute Gasteiger partial charge is 0.316 e. The molecule has 70 valence electrons. The molecule has 3 atom stereocenters. The van der Waals surface area contributed by atoms with Crippen molar-refractivity contribution in [3.05, 3.63) is 0 Å². The van der Waals surface area contributed by atoms with E-state index < -0.39 is 6.17 Å². The first-order valence-corrected chi connectivity index (χ1v) is 4.94. The Bertz CT molecular complexity index is 145. The second kappa shape index (κ2) is 3.71. The molecule has 12 heavy (non-hydrogen) atoms. The van der Waals surface area contributed by atoms with E-state index in [2.05, 4.69) is 10.6 Å². The van der Waals surface area contributed by atoms with Crippen molar-refractivity contribution in [2.24, 2.45) is 5.92 Å². The van der Waals surface area contributed by atoms with Crippen LogP contribution in [0.2, 0.25) is 0 Å². The Morgan fingerprint density at radius 3 is 2.75 bits per heavy atom. The fourth-order valence-corrected chi connectivity index (χ4v) is 2.28. The third-order valence-corrected chi connectivity index (χ3v) is 3.04. The zero-order valence-electron chi connectivity index (χ0n) is 7.35. The van der Waals surface area contributed by atoms with Crippen LogP contribution in [0.3, 0.4) is 0 Å². The Hall–Kier alpha value is -0.150. The van der Waals surface area contributed by atoms with Gasteiger partial charge in [0.05, 0.1) is 0 Å². The Morgan fingerprint density at radius 1 is 1.17 bits per heavy atom. The maximum Gasteiger partial charge on any atom is 0.103 e. The number of alkyl halides is 1. The minimum absolute atomic E-state index is 0.434. The summed E-state index contributed by atoms with van der Waals surface area (Å²) < 4.78 is 13.0. The quantitative estimate of drug-likeness (QED) is 0.608. The fraction of sp³-hybridized carbons (Fsp3) is 1.00. The zero-order valence-corrected chi connectivity index (χ0v) is 7.35. The lowest BCUT2D eigenvalue weighted by Gasteiger charge is -2.30. The Balaban J connectivity index is 1.85. The van der Waals surface area contributed by atoms with Gasteiger partial charge in [0.2, 0.25) is 0 Å². The molecule has 2 fully saturated rings. The summed E-state index contributed by atoms with van der Waals surface area (Å²) in [5, 5.41) is 6.73. The van der Waals surface area contributed by atoms with E-state index in [0.717, 1.165) is 26.1 Å². The van der Waals surface area contributed by atoms with Crippen molar-refractivity contribution in [2.45, 2.75) is 31.5 Å². The van der Waals surface area contributed by atoms with Gasteiger partial charge in [-0.15, -0.1) is 0 Å². The summed E-state index contributed by atoms with van der Waals surface area (Å²) in [4.78, 5) is 0. The smallest absolute Gasteiger partial charge is 0.103 e. The molecule has 0 spiro atoms. The molecule has 2 heterocycles. The molecule has 0 aromatic carbocycles. The maximum absolute atomic E-state index is 13.0. The first-order chi connectivity index (χ1) is 5.86. The number of nitrogens with one attached hydrogen (secondary N) is 2. The highest BCUT2D eigenvalue weighted by atomic mass is 19.1. The van der Waals surface area contributed by atoms with E-state index >= 15 is 0 Å². The van der Waals surface area contributed by atoms with Crippen molar-refractivity contribution >= 4 is 0 Å². The zero-order chi connectivity index (χ0) is 8.39. The van der Waals surface area contributed by atoms with Gasteiger partial charge in [-0.3, -0.25) is 0 Å². The molecule has 2 aliphatic heterocycles. The van der Waals surface area contributed by atoms with E-state index in [1.165, 1.54) is 6.42 Å². The van der Waals surface area contributed by atoms with Crippen LogP contribution < -0.4 is 10.6 Å². The molecule has 2 N–H and O–H groups in total. The molecule has 0 aromatic rings. The number of rotatable bonds is 1. The van der Waals surface area contributed by atoms with Gasteiger partial charge >= 0.3 is 0 Å². The SMILES string of the molecule is FC1CCNC(C2CCNC2)C1. The van der Waals surface area contributed by atoms with Crippen LogP contribution in [0.1, 0.15) is 19.3 Å². The molecule has 3 unspecified atom stereocenters. The predicted molar refractivity (Wildman–Crippen MR) is 46.9 cm³/mol.